The van der Waals surface area contributed by atoms with E-state index in [2.05, 4.69) is 33.8 Å². The quantitative estimate of drug-likeness (QED) is 0.518. The molecule has 30 heavy (non-hydrogen) atoms. The van der Waals surface area contributed by atoms with Crippen molar-refractivity contribution in [2.45, 2.75) is 4.90 Å². The SMILES string of the molecule is C=CCN(CC=C)S(=O)(=O)c1ccc(C(=O)Nc2nnc(-c3ccnn3C)o2)cc1. The monoisotopic (exact) mass is 428 g/mol. The predicted molar refractivity (Wildman–Crippen MR) is 110 cm³/mol. The fourth-order valence-corrected chi connectivity index (χ4v) is 4.00. The van der Waals surface area contributed by atoms with Crippen LogP contribution in [0.15, 0.2) is 71.2 Å². The molecule has 0 aliphatic carbocycles. The smallest absolute Gasteiger partial charge is 0.322 e. The molecule has 1 amide bonds. The van der Waals surface area contributed by atoms with Gasteiger partial charge in [-0.3, -0.25) is 14.8 Å². The molecule has 1 N–H and O–H groups in total. The molecule has 0 radical (unpaired) electrons. The van der Waals surface area contributed by atoms with Crippen LogP contribution >= 0.6 is 0 Å². The predicted octanol–water partition coefficient (Wildman–Crippen LogP) is 2.09. The first-order valence-electron chi connectivity index (χ1n) is 8.82. The van der Waals surface area contributed by atoms with Crippen LogP contribution in [0.5, 0.6) is 0 Å². The first-order valence-corrected chi connectivity index (χ1v) is 10.3. The van der Waals surface area contributed by atoms with Gasteiger partial charge in [0.2, 0.25) is 10.0 Å². The van der Waals surface area contributed by atoms with Crippen molar-refractivity contribution in [3.63, 3.8) is 0 Å². The molecule has 0 fully saturated rings. The average molecular weight is 428 g/mol. The highest BCUT2D eigenvalue weighted by molar-refractivity contribution is 7.89. The van der Waals surface area contributed by atoms with Gasteiger partial charge in [-0.15, -0.1) is 18.3 Å². The fourth-order valence-electron chi connectivity index (χ4n) is 2.62. The topological polar surface area (TPSA) is 123 Å². The molecular formula is C19H20N6O4S. The number of anilines is 1. The van der Waals surface area contributed by atoms with Crippen LogP contribution in [0.25, 0.3) is 11.6 Å². The van der Waals surface area contributed by atoms with Gasteiger partial charge in [-0.05, 0) is 30.3 Å². The number of hydrogen-bond acceptors (Lipinski definition) is 7. The molecule has 11 heteroatoms. The van der Waals surface area contributed by atoms with Gasteiger partial charge in [0.15, 0.2) is 0 Å². The summed E-state index contributed by atoms with van der Waals surface area (Å²) in [5, 5.41) is 14.2. The number of nitrogens with one attached hydrogen (secondary N) is 1. The molecule has 0 aliphatic heterocycles. The zero-order chi connectivity index (χ0) is 21.7. The minimum absolute atomic E-state index is 0.0547. The normalized spacial score (nSPS) is 11.4. The summed E-state index contributed by atoms with van der Waals surface area (Å²) in [6.07, 6.45) is 4.57. The van der Waals surface area contributed by atoms with Crippen LogP contribution in [-0.2, 0) is 17.1 Å². The Kier molecular flexibility index (Phi) is 6.23. The summed E-state index contributed by atoms with van der Waals surface area (Å²) in [6.45, 7) is 7.43. The van der Waals surface area contributed by atoms with Crippen molar-refractivity contribution in [2.24, 2.45) is 7.05 Å². The van der Waals surface area contributed by atoms with Crippen LogP contribution in [0.4, 0.5) is 6.01 Å². The van der Waals surface area contributed by atoms with E-state index >= 15 is 0 Å². The van der Waals surface area contributed by atoms with Crippen molar-refractivity contribution in [1.29, 1.82) is 0 Å². The lowest BCUT2D eigenvalue weighted by Crippen LogP contribution is -2.31. The Balaban J connectivity index is 1.74. The summed E-state index contributed by atoms with van der Waals surface area (Å²) in [7, 11) is -2.02. The zero-order valence-corrected chi connectivity index (χ0v) is 17.0. The van der Waals surface area contributed by atoms with Crippen molar-refractivity contribution < 1.29 is 17.6 Å². The summed E-state index contributed by atoms with van der Waals surface area (Å²) in [4.78, 5) is 12.5. The third kappa shape index (κ3) is 4.36. The molecule has 0 atom stereocenters. The molecule has 2 aromatic heterocycles. The summed E-state index contributed by atoms with van der Waals surface area (Å²) < 4.78 is 33.6. The zero-order valence-electron chi connectivity index (χ0n) is 16.2. The summed E-state index contributed by atoms with van der Waals surface area (Å²) in [5.41, 5.74) is 0.828. The lowest BCUT2D eigenvalue weighted by Gasteiger charge is -2.19. The van der Waals surface area contributed by atoms with Gasteiger partial charge >= 0.3 is 6.01 Å². The highest BCUT2D eigenvalue weighted by Crippen LogP contribution is 2.20. The first-order chi connectivity index (χ1) is 14.4. The average Bonchev–Trinajstić information content (AvgIpc) is 3.36. The minimum Gasteiger partial charge on any atom is -0.401 e. The summed E-state index contributed by atoms with van der Waals surface area (Å²) >= 11 is 0. The number of aromatic nitrogens is 4. The van der Waals surface area contributed by atoms with Crippen LogP contribution < -0.4 is 5.32 Å². The Morgan fingerprint density at radius 2 is 1.83 bits per heavy atom. The second-order valence-corrected chi connectivity index (χ2v) is 8.07. The van der Waals surface area contributed by atoms with E-state index in [1.165, 1.54) is 40.7 Å². The molecule has 3 rings (SSSR count). The second-order valence-electron chi connectivity index (χ2n) is 6.13. The van der Waals surface area contributed by atoms with Crippen molar-refractivity contribution in [2.75, 3.05) is 18.4 Å². The number of aryl methyl sites for hydroxylation is 1. The number of amides is 1. The van der Waals surface area contributed by atoms with E-state index in [-0.39, 0.29) is 35.5 Å². The van der Waals surface area contributed by atoms with E-state index < -0.39 is 15.9 Å². The van der Waals surface area contributed by atoms with Gasteiger partial charge < -0.3 is 4.42 Å². The molecule has 156 valence electrons. The lowest BCUT2D eigenvalue weighted by molar-refractivity contribution is 0.102. The largest absolute Gasteiger partial charge is 0.401 e. The van der Waals surface area contributed by atoms with Crippen LogP contribution in [0.2, 0.25) is 0 Å². The van der Waals surface area contributed by atoms with Crippen LogP contribution in [0, 0.1) is 0 Å². The highest BCUT2D eigenvalue weighted by Gasteiger charge is 2.23. The molecule has 0 saturated carbocycles. The van der Waals surface area contributed by atoms with Crippen molar-refractivity contribution in [3.05, 3.63) is 67.4 Å². The Labute approximate surface area is 173 Å². The minimum atomic E-state index is -3.74. The maximum atomic E-state index is 12.7. The van der Waals surface area contributed by atoms with Gasteiger partial charge in [0.25, 0.3) is 11.8 Å². The summed E-state index contributed by atoms with van der Waals surface area (Å²) in [6, 6.07) is 7.13. The highest BCUT2D eigenvalue weighted by atomic mass is 32.2. The van der Waals surface area contributed by atoms with E-state index in [1.807, 2.05) is 0 Å². The molecular weight excluding hydrogens is 408 g/mol. The van der Waals surface area contributed by atoms with E-state index in [4.69, 9.17) is 4.42 Å². The number of carbonyl (C=O) groups is 1. The van der Waals surface area contributed by atoms with Gasteiger partial charge in [0.1, 0.15) is 5.69 Å². The van der Waals surface area contributed by atoms with Crippen molar-refractivity contribution >= 4 is 21.9 Å². The number of rotatable bonds is 9. The molecule has 0 aliphatic rings. The van der Waals surface area contributed by atoms with Gasteiger partial charge in [-0.25, -0.2) is 8.42 Å². The molecule has 0 spiro atoms. The fraction of sp³-hybridized carbons (Fsp3) is 0.158. The molecule has 1 aromatic carbocycles. The van der Waals surface area contributed by atoms with Gasteiger partial charge in [0.05, 0.1) is 4.90 Å². The van der Waals surface area contributed by atoms with Crippen LogP contribution in [0.1, 0.15) is 10.4 Å². The second kappa shape index (κ2) is 8.84. The van der Waals surface area contributed by atoms with E-state index in [1.54, 1.807) is 24.0 Å². The first kappa shape index (κ1) is 21.1. The third-order valence-corrected chi connectivity index (χ3v) is 5.95. The van der Waals surface area contributed by atoms with Crippen LogP contribution in [0.3, 0.4) is 0 Å². The third-order valence-electron chi connectivity index (χ3n) is 4.11. The van der Waals surface area contributed by atoms with Gasteiger partial charge in [0, 0.05) is 31.9 Å². The Bertz CT molecular complexity index is 1150. The van der Waals surface area contributed by atoms with Gasteiger partial charge in [-0.1, -0.05) is 17.3 Å². The van der Waals surface area contributed by atoms with E-state index in [0.29, 0.717) is 5.69 Å². The van der Waals surface area contributed by atoms with Crippen molar-refractivity contribution in [3.8, 4) is 11.6 Å². The maximum Gasteiger partial charge on any atom is 0.322 e. The van der Waals surface area contributed by atoms with E-state index in [0.717, 1.165) is 0 Å². The molecule has 0 unspecified atom stereocenters. The molecule has 3 aromatic rings. The van der Waals surface area contributed by atoms with Gasteiger partial charge in [-0.2, -0.15) is 9.40 Å². The number of benzene rings is 1. The number of sulfonamides is 1. The van der Waals surface area contributed by atoms with Crippen molar-refractivity contribution in [1.82, 2.24) is 24.3 Å². The lowest BCUT2D eigenvalue weighted by atomic mass is 10.2. The summed E-state index contributed by atoms with van der Waals surface area (Å²) in [5.74, 6) is -0.315. The molecule has 0 bridgehead atoms. The Morgan fingerprint density at radius 1 is 1.17 bits per heavy atom. The Morgan fingerprint density at radius 3 is 2.40 bits per heavy atom. The number of nitrogens with zero attached hydrogens (tertiary/aromatic N) is 5. The van der Waals surface area contributed by atoms with E-state index in [9.17, 15) is 13.2 Å². The Hall–Kier alpha value is -3.57. The van der Waals surface area contributed by atoms with Crippen LogP contribution in [-0.4, -0.2) is 51.7 Å². The number of carbonyl (C=O) groups excluding carboxylic acids is 1. The standard InChI is InChI=1S/C19H20N6O4S/c1-4-12-25(13-5-2)30(27,28)15-8-6-14(7-9-15)17(26)21-19-23-22-18(29-19)16-10-11-20-24(16)3/h4-11H,1-2,12-13H2,3H3,(H,21,23,26). The number of hydrogen-bond donors (Lipinski definition) is 1. The molecule has 10 nitrogen and oxygen atoms in total. The molecule has 0 saturated heterocycles. The molecule has 2 heterocycles. The maximum absolute atomic E-state index is 12.7.